The second-order valence-electron chi connectivity index (χ2n) is 4.82. The van der Waals surface area contributed by atoms with Crippen molar-refractivity contribution in [1.82, 2.24) is 8.87 Å². The lowest BCUT2D eigenvalue weighted by atomic mass is 10.2. The van der Waals surface area contributed by atoms with Gasteiger partial charge in [-0.05, 0) is 30.3 Å². The number of sulfonamides is 1. The molecular weight excluding hydrogens is 309 g/mol. The summed E-state index contributed by atoms with van der Waals surface area (Å²) in [7, 11) is -2.12. The van der Waals surface area contributed by atoms with Crippen LogP contribution in [-0.2, 0) is 14.8 Å². The van der Waals surface area contributed by atoms with E-state index < -0.39 is 21.7 Å². The van der Waals surface area contributed by atoms with Crippen molar-refractivity contribution in [3.63, 3.8) is 0 Å². The first-order valence-corrected chi connectivity index (χ1v) is 8.26. The van der Waals surface area contributed by atoms with Crippen LogP contribution in [0.1, 0.15) is 0 Å². The first kappa shape index (κ1) is 16.2. The first-order chi connectivity index (χ1) is 10.3. The minimum absolute atomic E-state index is 0.291. The number of hydrogen-bond donors (Lipinski definition) is 1. The molecule has 0 atom stereocenters. The highest BCUT2D eigenvalue weighted by Gasteiger charge is 2.15. The molecule has 1 heterocycles. The Hall–Kier alpha value is -2.19. The Kier molecular flexibility index (Phi) is 4.62. The van der Waals surface area contributed by atoms with Gasteiger partial charge < -0.3 is 9.88 Å². The zero-order valence-corrected chi connectivity index (χ0v) is 13.0. The Morgan fingerprint density at radius 1 is 1.32 bits per heavy atom. The number of carbonyl (C=O) groups excluding carboxylic acids is 1. The molecule has 6 nitrogen and oxygen atoms in total. The molecule has 0 aliphatic carbocycles. The number of benzene rings is 1. The van der Waals surface area contributed by atoms with Crippen LogP contribution in [0.15, 0.2) is 42.7 Å². The highest BCUT2D eigenvalue weighted by molar-refractivity contribution is 7.88. The number of likely N-dealkylation sites (N-methyl/N-ethyl adjacent to an activating group) is 1. The summed E-state index contributed by atoms with van der Waals surface area (Å²) in [5.74, 6) is -0.930. The van der Waals surface area contributed by atoms with Gasteiger partial charge in [0.05, 0.1) is 18.5 Å². The minimum atomic E-state index is -3.43. The summed E-state index contributed by atoms with van der Waals surface area (Å²) >= 11 is 0. The van der Waals surface area contributed by atoms with Crippen molar-refractivity contribution in [3.8, 4) is 5.69 Å². The molecule has 0 spiro atoms. The quantitative estimate of drug-likeness (QED) is 0.904. The number of hydrogen-bond acceptors (Lipinski definition) is 3. The average Bonchev–Trinajstić information content (AvgIpc) is 2.93. The molecule has 0 aliphatic heterocycles. The molecule has 2 rings (SSSR count). The molecule has 1 aromatic heterocycles. The fourth-order valence-corrected chi connectivity index (χ4v) is 2.16. The number of aromatic nitrogens is 1. The number of carbonyl (C=O) groups is 1. The lowest BCUT2D eigenvalue weighted by Crippen LogP contribution is -2.34. The molecule has 8 heteroatoms. The molecule has 0 saturated heterocycles. The van der Waals surface area contributed by atoms with Crippen LogP contribution < -0.4 is 5.32 Å². The second-order valence-corrected chi connectivity index (χ2v) is 6.91. The maximum atomic E-state index is 13.8. The second kappa shape index (κ2) is 6.29. The predicted molar refractivity (Wildman–Crippen MR) is 81.8 cm³/mol. The molecule has 0 unspecified atom stereocenters. The van der Waals surface area contributed by atoms with E-state index in [2.05, 4.69) is 5.32 Å². The van der Waals surface area contributed by atoms with Crippen LogP contribution in [0.25, 0.3) is 5.69 Å². The van der Waals surface area contributed by atoms with Crippen LogP contribution in [0.2, 0.25) is 0 Å². The van der Waals surface area contributed by atoms with Gasteiger partial charge in [0.2, 0.25) is 15.9 Å². The summed E-state index contributed by atoms with van der Waals surface area (Å²) in [6, 6.07) is 7.65. The van der Waals surface area contributed by atoms with Gasteiger partial charge in [0.25, 0.3) is 0 Å². The summed E-state index contributed by atoms with van der Waals surface area (Å²) in [4.78, 5) is 11.8. The summed E-state index contributed by atoms with van der Waals surface area (Å²) in [5, 5.41) is 2.55. The van der Waals surface area contributed by atoms with E-state index >= 15 is 0 Å². The van der Waals surface area contributed by atoms with E-state index in [4.69, 9.17) is 0 Å². The minimum Gasteiger partial charge on any atom is -0.325 e. The summed E-state index contributed by atoms with van der Waals surface area (Å²) in [6.07, 6.45) is 4.38. The topological polar surface area (TPSA) is 71.4 Å². The van der Waals surface area contributed by atoms with Crippen molar-refractivity contribution in [2.45, 2.75) is 0 Å². The fourth-order valence-electron chi connectivity index (χ4n) is 1.80. The molecule has 22 heavy (non-hydrogen) atoms. The molecule has 2 aromatic rings. The Morgan fingerprint density at radius 3 is 2.55 bits per heavy atom. The van der Waals surface area contributed by atoms with Gasteiger partial charge in [-0.3, -0.25) is 4.79 Å². The lowest BCUT2D eigenvalue weighted by molar-refractivity contribution is -0.116. The standard InChI is InChI=1S/C14H16FN3O3S/c1-17(22(2,20)21)10-14(19)16-11-5-6-12(15)13(9-11)18-7-3-4-8-18/h3-9H,10H2,1-2H3,(H,16,19). The number of amides is 1. The molecule has 0 radical (unpaired) electrons. The zero-order valence-electron chi connectivity index (χ0n) is 12.2. The van der Waals surface area contributed by atoms with Crippen molar-refractivity contribution in [1.29, 1.82) is 0 Å². The van der Waals surface area contributed by atoms with E-state index in [1.54, 1.807) is 29.1 Å². The maximum Gasteiger partial charge on any atom is 0.239 e. The normalized spacial score (nSPS) is 11.6. The van der Waals surface area contributed by atoms with Crippen molar-refractivity contribution in [3.05, 3.63) is 48.5 Å². The van der Waals surface area contributed by atoms with E-state index in [1.165, 1.54) is 25.2 Å². The van der Waals surface area contributed by atoms with Gasteiger partial charge in [-0.15, -0.1) is 0 Å². The van der Waals surface area contributed by atoms with Gasteiger partial charge in [0.15, 0.2) is 0 Å². The van der Waals surface area contributed by atoms with Crippen LogP contribution in [0.4, 0.5) is 10.1 Å². The van der Waals surface area contributed by atoms with Gasteiger partial charge in [-0.25, -0.2) is 12.8 Å². The van der Waals surface area contributed by atoms with Crippen LogP contribution in [0.5, 0.6) is 0 Å². The predicted octanol–water partition coefficient (Wildman–Crippen LogP) is 1.45. The lowest BCUT2D eigenvalue weighted by Gasteiger charge is -2.14. The van der Waals surface area contributed by atoms with Crippen LogP contribution in [0, 0.1) is 5.82 Å². The van der Waals surface area contributed by atoms with Crippen LogP contribution in [0.3, 0.4) is 0 Å². The highest BCUT2D eigenvalue weighted by atomic mass is 32.2. The third-order valence-corrected chi connectivity index (χ3v) is 4.31. The van der Waals surface area contributed by atoms with Gasteiger partial charge in [0, 0.05) is 25.1 Å². The average molecular weight is 325 g/mol. The third-order valence-electron chi connectivity index (χ3n) is 3.04. The summed E-state index contributed by atoms with van der Waals surface area (Å²) < 4.78 is 38.9. The van der Waals surface area contributed by atoms with Crippen molar-refractivity contribution in [2.24, 2.45) is 0 Å². The first-order valence-electron chi connectivity index (χ1n) is 6.41. The van der Waals surface area contributed by atoms with Crippen molar-refractivity contribution >= 4 is 21.6 Å². The van der Waals surface area contributed by atoms with E-state index in [0.717, 1.165) is 10.6 Å². The Labute approximate surface area is 128 Å². The van der Waals surface area contributed by atoms with Crippen molar-refractivity contribution in [2.75, 3.05) is 25.2 Å². The van der Waals surface area contributed by atoms with E-state index in [-0.39, 0.29) is 6.54 Å². The van der Waals surface area contributed by atoms with E-state index in [9.17, 15) is 17.6 Å². The number of nitrogens with zero attached hydrogens (tertiary/aromatic N) is 2. The van der Waals surface area contributed by atoms with Crippen molar-refractivity contribution < 1.29 is 17.6 Å². The number of nitrogens with one attached hydrogen (secondary N) is 1. The molecule has 118 valence electrons. The van der Waals surface area contributed by atoms with Gasteiger partial charge in [-0.2, -0.15) is 4.31 Å². The number of anilines is 1. The van der Waals surface area contributed by atoms with Gasteiger partial charge >= 0.3 is 0 Å². The fraction of sp³-hybridized carbons (Fsp3) is 0.214. The van der Waals surface area contributed by atoms with Gasteiger partial charge in [-0.1, -0.05) is 0 Å². The van der Waals surface area contributed by atoms with Crippen LogP contribution in [-0.4, -0.2) is 43.0 Å². The molecule has 1 amide bonds. The Balaban J connectivity index is 2.14. The maximum absolute atomic E-state index is 13.8. The highest BCUT2D eigenvalue weighted by Crippen LogP contribution is 2.19. The zero-order chi connectivity index (χ0) is 16.3. The molecular formula is C14H16FN3O3S. The number of rotatable bonds is 5. The SMILES string of the molecule is CN(CC(=O)Nc1ccc(F)c(-n2cccc2)c1)S(C)(=O)=O. The largest absolute Gasteiger partial charge is 0.325 e. The smallest absolute Gasteiger partial charge is 0.239 e. The third kappa shape index (κ3) is 3.92. The van der Waals surface area contributed by atoms with Crippen LogP contribution >= 0.6 is 0 Å². The molecule has 0 bridgehead atoms. The molecule has 0 aliphatic rings. The molecule has 0 saturated carbocycles. The monoisotopic (exact) mass is 325 g/mol. The number of halogens is 1. The molecule has 0 fully saturated rings. The molecule has 1 N–H and O–H groups in total. The van der Waals surface area contributed by atoms with E-state index in [1.807, 2.05) is 0 Å². The molecule has 1 aromatic carbocycles. The van der Waals surface area contributed by atoms with E-state index in [0.29, 0.717) is 11.4 Å². The van der Waals surface area contributed by atoms with Gasteiger partial charge in [0.1, 0.15) is 5.82 Å². The summed E-state index contributed by atoms with van der Waals surface area (Å²) in [6.45, 7) is -0.310. The Morgan fingerprint density at radius 2 is 1.95 bits per heavy atom. The Bertz CT molecular complexity index is 773. The summed E-state index contributed by atoms with van der Waals surface area (Å²) in [5.41, 5.74) is 0.677.